The van der Waals surface area contributed by atoms with Gasteiger partial charge in [0.05, 0.1) is 20.1 Å². The Morgan fingerprint density at radius 2 is 1.52 bits per heavy atom. The van der Waals surface area contributed by atoms with E-state index >= 15 is 0 Å². The average Bonchev–Trinajstić information content (AvgIpc) is 3.60. The van der Waals surface area contributed by atoms with Gasteiger partial charge in [0.25, 0.3) is 5.56 Å². The molecule has 1 aliphatic heterocycles. The maximum Gasteiger partial charge on any atom is 0.471 e. The number of aromatic amines is 1. The van der Waals surface area contributed by atoms with Crippen molar-refractivity contribution in [3.63, 3.8) is 0 Å². The van der Waals surface area contributed by atoms with Gasteiger partial charge in [0, 0.05) is 24.8 Å². The maximum absolute atomic E-state index is 13.6. The number of amides is 2. The van der Waals surface area contributed by atoms with Crippen molar-refractivity contribution < 1.29 is 50.6 Å². The predicted molar refractivity (Wildman–Crippen MR) is 192 cm³/mol. The number of carbonyl (C=O) groups is 3. The summed E-state index contributed by atoms with van der Waals surface area (Å²) >= 11 is 0. The number of para-hydroxylation sites is 1. The first kappa shape index (κ1) is 44.1. The summed E-state index contributed by atoms with van der Waals surface area (Å²) in [5, 5.41) is 7.20. The van der Waals surface area contributed by atoms with E-state index in [-0.39, 0.29) is 36.8 Å². The maximum atomic E-state index is 13.6. The molecule has 0 radical (unpaired) electrons. The summed E-state index contributed by atoms with van der Waals surface area (Å²) < 4.78 is 72.9. The number of benzene rings is 1. The topological polar surface area (TPSA) is 196 Å². The molecule has 0 saturated carbocycles. The molecule has 2 heterocycles. The minimum Gasteiger partial charge on any atom is -0.468 e. The Kier molecular flexibility index (Phi) is 18.2. The summed E-state index contributed by atoms with van der Waals surface area (Å²) in [6, 6.07) is 7.16. The lowest BCUT2D eigenvalue weighted by atomic mass is 10.1. The molecule has 1 aromatic carbocycles. The standard InChI is InChI=1S/C35H49F3N5O10P/c1-25(32(46)50-2)42-54(49,53-27-16-12-11-13-17-27)51-24-28-18-19-30(52-28)43-23-26(31(45)41-34(43)48)22-29(44)39-20-14-9-7-5-3-4-6-8-10-15-21-40-33(47)35(36,37)38/h11-13,16-19,23,25,28,30H,3-10,14-15,20-22,24H2,1-2H3,(H,39,44)(H,40,47)(H,42,49)(H,41,45,48)/t25-,28+,30-,54?/m0/s1. The average molecular weight is 788 g/mol. The number of nitrogens with one attached hydrogen (secondary N) is 4. The zero-order chi connectivity index (χ0) is 39.6. The van der Waals surface area contributed by atoms with Crippen LogP contribution in [0.4, 0.5) is 13.2 Å². The molecular weight excluding hydrogens is 738 g/mol. The summed E-state index contributed by atoms with van der Waals surface area (Å²) in [5.41, 5.74) is -1.41. The van der Waals surface area contributed by atoms with Gasteiger partial charge in [-0.3, -0.25) is 33.3 Å². The van der Waals surface area contributed by atoms with Crippen LogP contribution < -0.4 is 31.5 Å². The molecule has 2 amide bonds. The second-order valence-corrected chi connectivity index (χ2v) is 14.4. The number of rotatable bonds is 24. The number of aromatic nitrogens is 2. The van der Waals surface area contributed by atoms with E-state index in [1.165, 1.54) is 20.2 Å². The Hall–Kier alpha value is -4.25. The van der Waals surface area contributed by atoms with Crippen LogP contribution in [0, 0.1) is 0 Å². The number of halogens is 3. The van der Waals surface area contributed by atoms with E-state index in [0.29, 0.717) is 13.0 Å². The predicted octanol–water partition coefficient (Wildman–Crippen LogP) is 4.58. The van der Waals surface area contributed by atoms with E-state index < -0.39 is 55.4 Å². The summed E-state index contributed by atoms with van der Waals surface area (Å²) in [6.45, 7) is 1.57. The van der Waals surface area contributed by atoms with Crippen LogP contribution in [-0.2, 0) is 39.4 Å². The highest BCUT2D eigenvalue weighted by Crippen LogP contribution is 2.45. The van der Waals surface area contributed by atoms with Crippen molar-refractivity contribution in [1.29, 1.82) is 0 Å². The van der Waals surface area contributed by atoms with Gasteiger partial charge in [-0.05, 0) is 38.0 Å². The van der Waals surface area contributed by atoms with Crippen LogP contribution >= 0.6 is 7.75 Å². The van der Waals surface area contributed by atoms with Crippen molar-refractivity contribution >= 4 is 25.5 Å². The number of carbonyl (C=O) groups excluding carboxylic acids is 3. The number of nitrogens with zero attached hydrogens (tertiary/aromatic N) is 1. The second kappa shape index (κ2) is 22.2. The number of H-pyrrole nitrogens is 1. The van der Waals surface area contributed by atoms with Gasteiger partial charge in [-0.2, -0.15) is 18.3 Å². The summed E-state index contributed by atoms with van der Waals surface area (Å²) in [4.78, 5) is 62.7. The van der Waals surface area contributed by atoms with Crippen molar-refractivity contribution in [1.82, 2.24) is 25.3 Å². The molecule has 0 bridgehead atoms. The van der Waals surface area contributed by atoms with E-state index in [9.17, 15) is 41.7 Å². The summed E-state index contributed by atoms with van der Waals surface area (Å²) in [5.74, 6) is -2.76. The third-order valence-electron chi connectivity index (χ3n) is 8.22. The minimum atomic E-state index is -4.84. The van der Waals surface area contributed by atoms with Crippen molar-refractivity contribution in [2.24, 2.45) is 0 Å². The number of esters is 1. The minimum absolute atomic E-state index is 0.0163. The Morgan fingerprint density at radius 1 is 0.926 bits per heavy atom. The number of methoxy groups -OCH3 is 1. The lowest BCUT2D eigenvalue weighted by Gasteiger charge is -2.24. The normalized spacial score (nSPS) is 17.1. The molecule has 0 saturated heterocycles. The molecule has 3 rings (SSSR count). The lowest BCUT2D eigenvalue weighted by molar-refractivity contribution is -0.173. The van der Waals surface area contributed by atoms with Crippen LogP contribution in [0.1, 0.15) is 82.9 Å². The zero-order valence-electron chi connectivity index (χ0n) is 30.4. The van der Waals surface area contributed by atoms with Crippen LogP contribution in [0.3, 0.4) is 0 Å². The van der Waals surface area contributed by atoms with Gasteiger partial charge in [0.1, 0.15) is 17.9 Å². The summed E-state index contributed by atoms with van der Waals surface area (Å²) in [6.07, 6.45) is 6.29. The molecule has 0 fully saturated rings. The highest BCUT2D eigenvalue weighted by Gasteiger charge is 2.38. The van der Waals surface area contributed by atoms with Crippen LogP contribution in [0.15, 0.2) is 58.3 Å². The first-order chi connectivity index (χ1) is 25.7. The third-order valence-corrected chi connectivity index (χ3v) is 9.87. The second-order valence-electron chi connectivity index (χ2n) is 12.7. The molecule has 1 unspecified atom stereocenters. The summed E-state index contributed by atoms with van der Waals surface area (Å²) in [7, 11) is -2.95. The number of unbranched alkanes of at least 4 members (excludes halogenated alkanes) is 9. The van der Waals surface area contributed by atoms with Crippen molar-refractivity contribution in [3.05, 3.63) is 75.1 Å². The van der Waals surface area contributed by atoms with Crippen molar-refractivity contribution in [2.75, 3.05) is 26.8 Å². The molecule has 15 nitrogen and oxygen atoms in total. The largest absolute Gasteiger partial charge is 0.471 e. The molecule has 1 aliphatic rings. The van der Waals surface area contributed by atoms with Crippen molar-refractivity contribution in [3.8, 4) is 5.75 Å². The van der Waals surface area contributed by atoms with E-state index in [2.05, 4.69) is 15.4 Å². The molecule has 19 heteroatoms. The van der Waals surface area contributed by atoms with Crippen LogP contribution in [0.25, 0.3) is 0 Å². The molecule has 2 aromatic rings. The SMILES string of the molecule is COC(=O)[C@H](C)NP(=O)(OC[C@H]1C=C[C@@H](n2cc(CC(=O)NCCCCCCCCCCCCNC(=O)C(F)(F)F)c(=O)[nH]c2=O)O1)Oc1ccccc1. The van der Waals surface area contributed by atoms with Gasteiger partial charge in [0.2, 0.25) is 5.91 Å². The van der Waals surface area contributed by atoms with Gasteiger partial charge < -0.3 is 24.6 Å². The number of hydrogen-bond donors (Lipinski definition) is 4. The molecule has 0 aliphatic carbocycles. The highest BCUT2D eigenvalue weighted by atomic mass is 31.2. The fourth-order valence-electron chi connectivity index (χ4n) is 5.36. The van der Waals surface area contributed by atoms with Gasteiger partial charge >= 0.3 is 31.5 Å². The molecule has 0 spiro atoms. The highest BCUT2D eigenvalue weighted by molar-refractivity contribution is 7.52. The van der Waals surface area contributed by atoms with E-state index in [4.69, 9.17) is 18.5 Å². The molecular formula is C35H49F3N5O10P. The fourth-order valence-corrected chi connectivity index (χ4v) is 6.86. The Bertz CT molecular complexity index is 1700. The molecule has 300 valence electrons. The van der Waals surface area contributed by atoms with Gasteiger partial charge in [-0.15, -0.1) is 0 Å². The first-order valence-electron chi connectivity index (χ1n) is 17.9. The van der Waals surface area contributed by atoms with E-state index in [1.807, 2.05) is 5.32 Å². The molecule has 54 heavy (non-hydrogen) atoms. The number of hydrogen-bond acceptors (Lipinski definition) is 10. The van der Waals surface area contributed by atoms with Crippen LogP contribution in [0.5, 0.6) is 5.75 Å². The van der Waals surface area contributed by atoms with Crippen molar-refractivity contribution in [2.45, 2.75) is 102 Å². The number of alkyl halides is 3. The van der Waals surface area contributed by atoms with E-state index in [0.717, 1.165) is 62.4 Å². The van der Waals surface area contributed by atoms with Gasteiger partial charge in [-0.25, -0.2) is 9.36 Å². The number of ether oxygens (including phenoxy) is 2. The Balaban J connectivity index is 1.36. The third kappa shape index (κ3) is 15.6. The van der Waals surface area contributed by atoms with Crippen LogP contribution in [0.2, 0.25) is 0 Å². The van der Waals surface area contributed by atoms with Gasteiger partial charge in [-0.1, -0.05) is 75.6 Å². The smallest absolute Gasteiger partial charge is 0.468 e. The molecule has 4 N–H and O–H groups in total. The molecule has 4 atom stereocenters. The molecule has 1 aromatic heterocycles. The van der Waals surface area contributed by atoms with Crippen LogP contribution in [-0.4, -0.2) is 72.5 Å². The lowest BCUT2D eigenvalue weighted by Crippen LogP contribution is -2.37. The zero-order valence-corrected chi connectivity index (χ0v) is 31.3. The quantitative estimate of drug-likeness (QED) is 0.0503. The monoisotopic (exact) mass is 787 g/mol. The first-order valence-corrected chi connectivity index (χ1v) is 19.4. The Labute approximate surface area is 310 Å². The van der Waals surface area contributed by atoms with E-state index in [1.54, 1.807) is 42.5 Å². The Morgan fingerprint density at radius 3 is 2.11 bits per heavy atom. The van der Waals surface area contributed by atoms with Gasteiger partial charge in [0.15, 0.2) is 6.23 Å². The fraction of sp³-hybridized carbons (Fsp3) is 0.571.